The molecule has 0 saturated carbocycles. The Hall–Kier alpha value is -2.02. The number of rotatable bonds is 3. The van der Waals surface area contributed by atoms with Crippen molar-refractivity contribution < 1.29 is 4.39 Å². The molecule has 0 aliphatic rings. The number of hydrogen-bond donors (Lipinski definition) is 1. The first kappa shape index (κ1) is 13.0. The third-order valence-corrected chi connectivity index (χ3v) is 3.51. The molecule has 0 radical (unpaired) electrons. The number of halogens is 2. The standard InChI is InChI=1S/C13H11BrFN5/c1-8(11-3-2-9(15)6-17-11)19-13-12-10(14)7-18-20(12)5-4-16-13/h2-8H,1H3,(H,16,19)/t8-/m1/s1. The van der Waals surface area contributed by atoms with Crippen molar-refractivity contribution in [3.8, 4) is 0 Å². The summed E-state index contributed by atoms with van der Waals surface area (Å²) in [5, 5.41) is 7.46. The van der Waals surface area contributed by atoms with Crippen molar-refractivity contribution in [3.63, 3.8) is 0 Å². The van der Waals surface area contributed by atoms with Gasteiger partial charge in [-0.25, -0.2) is 13.9 Å². The Morgan fingerprint density at radius 1 is 1.30 bits per heavy atom. The van der Waals surface area contributed by atoms with Gasteiger partial charge in [0.15, 0.2) is 5.82 Å². The van der Waals surface area contributed by atoms with E-state index in [9.17, 15) is 4.39 Å². The maximum atomic E-state index is 12.9. The average molecular weight is 336 g/mol. The molecular weight excluding hydrogens is 325 g/mol. The van der Waals surface area contributed by atoms with Crippen LogP contribution < -0.4 is 5.32 Å². The molecule has 20 heavy (non-hydrogen) atoms. The predicted octanol–water partition coefficient (Wildman–Crippen LogP) is 3.20. The van der Waals surface area contributed by atoms with E-state index in [0.717, 1.165) is 15.7 Å². The molecule has 0 unspecified atom stereocenters. The molecule has 3 aromatic rings. The van der Waals surface area contributed by atoms with E-state index in [1.54, 1.807) is 29.2 Å². The molecular formula is C13H11BrFN5. The molecule has 5 nitrogen and oxygen atoms in total. The molecule has 1 atom stereocenters. The van der Waals surface area contributed by atoms with Crippen molar-refractivity contribution in [2.24, 2.45) is 0 Å². The summed E-state index contributed by atoms with van der Waals surface area (Å²) in [7, 11) is 0. The number of pyridine rings is 1. The summed E-state index contributed by atoms with van der Waals surface area (Å²) >= 11 is 3.44. The fraction of sp³-hybridized carbons (Fsp3) is 0.154. The minimum absolute atomic E-state index is 0.101. The van der Waals surface area contributed by atoms with E-state index < -0.39 is 0 Å². The van der Waals surface area contributed by atoms with Crippen LogP contribution in [0, 0.1) is 5.82 Å². The Morgan fingerprint density at radius 2 is 2.15 bits per heavy atom. The first-order valence-corrected chi connectivity index (χ1v) is 6.80. The molecule has 1 N–H and O–H groups in total. The molecule has 3 heterocycles. The van der Waals surface area contributed by atoms with Gasteiger partial charge in [-0.05, 0) is 35.0 Å². The average Bonchev–Trinajstić information content (AvgIpc) is 2.82. The first-order valence-electron chi connectivity index (χ1n) is 6.01. The Kier molecular flexibility index (Phi) is 3.35. The first-order chi connectivity index (χ1) is 9.65. The quantitative estimate of drug-likeness (QED) is 0.798. The summed E-state index contributed by atoms with van der Waals surface area (Å²) in [6.45, 7) is 1.94. The summed E-state index contributed by atoms with van der Waals surface area (Å²) in [5.74, 6) is 0.343. The fourth-order valence-electron chi connectivity index (χ4n) is 1.94. The lowest BCUT2D eigenvalue weighted by Crippen LogP contribution is -2.10. The summed E-state index contributed by atoms with van der Waals surface area (Å²) in [6, 6.07) is 2.94. The van der Waals surface area contributed by atoms with Gasteiger partial charge in [-0.1, -0.05) is 0 Å². The Morgan fingerprint density at radius 3 is 2.90 bits per heavy atom. The van der Waals surface area contributed by atoms with Crippen LogP contribution in [0.5, 0.6) is 0 Å². The highest BCUT2D eigenvalue weighted by molar-refractivity contribution is 9.10. The van der Waals surface area contributed by atoms with Gasteiger partial charge in [0.25, 0.3) is 0 Å². The number of aromatic nitrogens is 4. The third-order valence-electron chi connectivity index (χ3n) is 2.93. The van der Waals surface area contributed by atoms with Crippen LogP contribution in [0.2, 0.25) is 0 Å². The molecule has 0 aliphatic heterocycles. The van der Waals surface area contributed by atoms with Crippen LogP contribution in [0.3, 0.4) is 0 Å². The van der Waals surface area contributed by atoms with Crippen molar-refractivity contribution in [1.82, 2.24) is 19.6 Å². The van der Waals surface area contributed by atoms with Crippen LogP contribution >= 0.6 is 15.9 Å². The van der Waals surface area contributed by atoms with Crippen molar-refractivity contribution >= 4 is 27.3 Å². The van der Waals surface area contributed by atoms with E-state index in [1.165, 1.54) is 12.3 Å². The smallest absolute Gasteiger partial charge is 0.153 e. The molecule has 3 aromatic heterocycles. The lowest BCUT2D eigenvalue weighted by molar-refractivity contribution is 0.617. The minimum atomic E-state index is -0.347. The van der Waals surface area contributed by atoms with Crippen LogP contribution in [-0.4, -0.2) is 19.6 Å². The maximum Gasteiger partial charge on any atom is 0.153 e. The van der Waals surface area contributed by atoms with Crippen molar-refractivity contribution in [3.05, 3.63) is 52.9 Å². The SMILES string of the molecule is C[C@@H](Nc1nccn2ncc(Br)c12)c1ccc(F)cn1. The molecule has 102 valence electrons. The molecule has 0 aromatic carbocycles. The summed E-state index contributed by atoms with van der Waals surface area (Å²) in [4.78, 5) is 8.38. The summed E-state index contributed by atoms with van der Waals surface area (Å²) in [5.41, 5.74) is 1.59. The molecule has 0 aliphatic carbocycles. The Labute approximate surface area is 123 Å². The third kappa shape index (κ3) is 2.36. The number of anilines is 1. The lowest BCUT2D eigenvalue weighted by atomic mass is 10.2. The second-order valence-electron chi connectivity index (χ2n) is 4.33. The van der Waals surface area contributed by atoms with Crippen molar-refractivity contribution in [1.29, 1.82) is 0 Å². The zero-order chi connectivity index (χ0) is 14.1. The van der Waals surface area contributed by atoms with E-state index in [4.69, 9.17) is 0 Å². The molecule has 0 fully saturated rings. The van der Waals surface area contributed by atoms with Gasteiger partial charge in [0.05, 0.1) is 28.6 Å². The Balaban J connectivity index is 1.93. The zero-order valence-corrected chi connectivity index (χ0v) is 12.2. The summed E-state index contributed by atoms with van der Waals surface area (Å²) < 4.78 is 15.5. The van der Waals surface area contributed by atoms with Gasteiger partial charge >= 0.3 is 0 Å². The maximum absolute atomic E-state index is 12.9. The van der Waals surface area contributed by atoms with Gasteiger partial charge in [0.1, 0.15) is 11.3 Å². The highest BCUT2D eigenvalue weighted by atomic mass is 79.9. The topological polar surface area (TPSA) is 55.1 Å². The van der Waals surface area contributed by atoms with Gasteiger partial charge in [0, 0.05) is 12.4 Å². The van der Waals surface area contributed by atoms with Gasteiger partial charge in [0.2, 0.25) is 0 Å². The van der Waals surface area contributed by atoms with Crippen LogP contribution in [-0.2, 0) is 0 Å². The van der Waals surface area contributed by atoms with Crippen molar-refractivity contribution in [2.45, 2.75) is 13.0 Å². The van der Waals surface area contributed by atoms with Crippen LogP contribution in [0.4, 0.5) is 10.2 Å². The molecule has 3 rings (SSSR count). The summed E-state index contributed by atoms with van der Waals surface area (Å²) in [6.07, 6.45) is 6.35. The second kappa shape index (κ2) is 5.16. The van der Waals surface area contributed by atoms with Gasteiger partial charge < -0.3 is 5.32 Å². The molecule has 0 bridgehead atoms. The van der Waals surface area contributed by atoms with Gasteiger partial charge in [-0.2, -0.15) is 5.10 Å². The van der Waals surface area contributed by atoms with Gasteiger partial charge in [-0.15, -0.1) is 0 Å². The number of nitrogens with one attached hydrogen (secondary N) is 1. The van der Waals surface area contributed by atoms with Crippen molar-refractivity contribution in [2.75, 3.05) is 5.32 Å². The molecule has 7 heteroatoms. The zero-order valence-electron chi connectivity index (χ0n) is 10.6. The van der Waals surface area contributed by atoms with E-state index in [-0.39, 0.29) is 11.9 Å². The largest absolute Gasteiger partial charge is 0.360 e. The monoisotopic (exact) mass is 335 g/mol. The van der Waals surface area contributed by atoms with E-state index >= 15 is 0 Å². The van der Waals surface area contributed by atoms with E-state index in [0.29, 0.717) is 5.82 Å². The Bertz CT molecular complexity index is 740. The van der Waals surface area contributed by atoms with Crippen LogP contribution in [0.1, 0.15) is 18.7 Å². The second-order valence-corrected chi connectivity index (χ2v) is 5.18. The predicted molar refractivity (Wildman–Crippen MR) is 76.9 cm³/mol. The molecule has 0 saturated heterocycles. The normalized spacial score (nSPS) is 12.6. The van der Waals surface area contributed by atoms with E-state index in [2.05, 4.69) is 36.3 Å². The van der Waals surface area contributed by atoms with Crippen LogP contribution in [0.15, 0.2) is 41.4 Å². The fourth-order valence-corrected chi connectivity index (χ4v) is 2.40. The molecule has 0 amide bonds. The van der Waals surface area contributed by atoms with E-state index in [1.807, 2.05) is 6.92 Å². The minimum Gasteiger partial charge on any atom is -0.360 e. The highest BCUT2D eigenvalue weighted by Gasteiger charge is 2.12. The number of nitrogens with zero attached hydrogens (tertiary/aromatic N) is 4. The van der Waals surface area contributed by atoms with Crippen LogP contribution in [0.25, 0.3) is 5.52 Å². The molecule has 0 spiro atoms. The number of fused-ring (bicyclic) bond motifs is 1. The lowest BCUT2D eigenvalue weighted by Gasteiger charge is -2.14. The van der Waals surface area contributed by atoms with Gasteiger partial charge in [-0.3, -0.25) is 4.98 Å². The number of hydrogen-bond acceptors (Lipinski definition) is 4. The highest BCUT2D eigenvalue weighted by Crippen LogP contribution is 2.26.